The quantitative estimate of drug-likeness (QED) is 0.421. The summed E-state index contributed by atoms with van der Waals surface area (Å²) in [5, 5.41) is 8.14. The Morgan fingerprint density at radius 1 is 1.03 bits per heavy atom. The Hall–Kier alpha value is -3.41. The molecule has 1 fully saturated rings. The van der Waals surface area contributed by atoms with E-state index in [-0.39, 0.29) is 17.7 Å². The molecule has 0 saturated heterocycles. The van der Waals surface area contributed by atoms with Gasteiger partial charge in [0.2, 0.25) is 5.91 Å². The Morgan fingerprint density at radius 3 is 2.67 bits per heavy atom. The Kier molecular flexibility index (Phi) is 5.93. The van der Waals surface area contributed by atoms with Crippen LogP contribution in [0.25, 0.3) is 10.9 Å². The number of aromatic amines is 1. The van der Waals surface area contributed by atoms with Crippen LogP contribution in [0.2, 0.25) is 0 Å². The van der Waals surface area contributed by atoms with E-state index in [4.69, 9.17) is 0 Å². The Labute approximate surface area is 175 Å². The minimum absolute atomic E-state index is 0.0917. The van der Waals surface area contributed by atoms with Crippen LogP contribution in [0, 0.1) is 5.92 Å². The maximum absolute atomic E-state index is 12.5. The van der Waals surface area contributed by atoms with Gasteiger partial charge in [-0.1, -0.05) is 49.6 Å². The van der Waals surface area contributed by atoms with Crippen LogP contribution < -0.4 is 10.7 Å². The number of hydrazone groups is 1. The second-order valence-corrected chi connectivity index (χ2v) is 7.79. The minimum atomic E-state index is -0.270. The molecule has 1 aliphatic carbocycles. The van der Waals surface area contributed by atoms with Crippen molar-refractivity contribution in [3.63, 3.8) is 0 Å². The van der Waals surface area contributed by atoms with Gasteiger partial charge in [0.15, 0.2) is 0 Å². The van der Waals surface area contributed by atoms with E-state index in [1.807, 2.05) is 55.5 Å². The van der Waals surface area contributed by atoms with Gasteiger partial charge >= 0.3 is 0 Å². The van der Waals surface area contributed by atoms with Gasteiger partial charge < -0.3 is 10.3 Å². The van der Waals surface area contributed by atoms with Crippen molar-refractivity contribution in [2.75, 3.05) is 5.32 Å². The lowest BCUT2D eigenvalue weighted by Gasteiger charge is -2.20. The number of aromatic nitrogens is 1. The minimum Gasteiger partial charge on any atom is -0.360 e. The van der Waals surface area contributed by atoms with Crippen molar-refractivity contribution in [1.29, 1.82) is 0 Å². The lowest BCUT2D eigenvalue weighted by molar-refractivity contribution is -0.120. The highest BCUT2D eigenvalue weighted by atomic mass is 16.2. The molecule has 0 atom stereocenters. The number of amides is 2. The van der Waals surface area contributed by atoms with Crippen molar-refractivity contribution in [2.45, 2.75) is 39.0 Å². The van der Waals surface area contributed by atoms with E-state index in [0.717, 1.165) is 47.8 Å². The SMILES string of the molecule is CC(=NNC(=O)c1c[nH]c2ccccc12)c1cccc(NC(=O)C2CCCCC2)c1. The van der Waals surface area contributed by atoms with Crippen LogP contribution in [0.3, 0.4) is 0 Å². The lowest BCUT2D eigenvalue weighted by Crippen LogP contribution is -2.24. The predicted molar refractivity (Wildman–Crippen MR) is 120 cm³/mol. The fourth-order valence-electron chi connectivity index (χ4n) is 3.95. The molecule has 2 aromatic carbocycles. The first-order valence-corrected chi connectivity index (χ1v) is 10.4. The normalized spacial score (nSPS) is 15.2. The zero-order valence-electron chi connectivity index (χ0n) is 17.1. The summed E-state index contributed by atoms with van der Waals surface area (Å²) in [6.07, 6.45) is 7.09. The van der Waals surface area contributed by atoms with Gasteiger partial charge in [0, 0.05) is 28.7 Å². The maximum atomic E-state index is 12.5. The molecule has 1 aromatic heterocycles. The first-order valence-electron chi connectivity index (χ1n) is 10.4. The number of hydrogen-bond acceptors (Lipinski definition) is 3. The molecule has 6 nitrogen and oxygen atoms in total. The third-order valence-corrected chi connectivity index (χ3v) is 5.68. The topological polar surface area (TPSA) is 86.3 Å². The highest BCUT2D eigenvalue weighted by Gasteiger charge is 2.21. The monoisotopic (exact) mass is 402 g/mol. The van der Waals surface area contributed by atoms with Crippen molar-refractivity contribution in [2.24, 2.45) is 11.0 Å². The molecule has 1 aliphatic rings. The standard InChI is InChI=1S/C24H26N4O2/c1-16(27-28-24(30)21-15-25-22-13-6-5-12-20(21)22)18-10-7-11-19(14-18)26-23(29)17-8-3-2-4-9-17/h5-7,10-15,17,25H,2-4,8-9H2,1H3,(H,26,29)(H,28,30). The number of nitrogens with one attached hydrogen (secondary N) is 3. The Morgan fingerprint density at radius 2 is 1.83 bits per heavy atom. The number of benzene rings is 2. The molecule has 0 unspecified atom stereocenters. The first-order chi connectivity index (χ1) is 14.6. The zero-order chi connectivity index (χ0) is 20.9. The van der Waals surface area contributed by atoms with Gasteiger partial charge in [0.05, 0.1) is 11.3 Å². The van der Waals surface area contributed by atoms with Crippen LogP contribution >= 0.6 is 0 Å². The number of anilines is 1. The van der Waals surface area contributed by atoms with Crippen molar-refractivity contribution < 1.29 is 9.59 Å². The number of nitrogens with zero attached hydrogens (tertiary/aromatic N) is 1. The molecular weight excluding hydrogens is 376 g/mol. The summed E-state index contributed by atoms with van der Waals surface area (Å²) in [6, 6.07) is 15.2. The number of rotatable bonds is 5. The van der Waals surface area contributed by atoms with Crippen molar-refractivity contribution in [1.82, 2.24) is 10.4 Å². The molecule has 2 amide bonds. The smallest absolute Gasteiger partial charge is 0.273 e. The van der Waals surface area contributed by atoms with E-state index in [1.165, 1.54) is 6.42 Å². The zero-order valence-corrected chi connectivity index (χ0v) is 17.1. The summed E-state index contributed by atoms with van der Waals surface area (Å²) in [6.45, 7) is 1.83. The average Bonchev–Trinajstić information content (AvgIpc) is 3.22. The number of fused-ring (bicyclic) bond motifs is 1. The van der Waals surface area contributed by atoms with Crippen LogP contribution in [0.4, 0.5) is 5.69 Å². The van der Waals surface area contributed by atoms with Gasteiger partial charge in [-0.3, -0.25) is 9.59 Å². The molecule has 0 spiro atoms. The van der Waals surface area contributed by atoms with E-state index in [9.17, 15) is 9.59 Å². The molecule has 1 heterocycles. The largest absolute Gasteiger partial charge is 0.360 e. The number of carbonyl (C=O) groups is 2. The van der Waals surface area contributed by atoms with Gasteiger partial charge in [-0.05, 0) is 43.5 Å². The summed E-state index contributed by atoms with van der Waals surface area (Å²) >= 11 is 0. The fourth-order valence-corrected chi connectivity index (χ4v) is 3.95. The molecule has 30 heavy (non-hydrogen) atoms. The second-order valence-electron chi connectivity index (χ2n) is 7.79. The van der Waals surface area contributed by atoms with E-state index >= 15 is 0 Å². The highest BCUT2D eigenvalue weighted by molar-refractivity contribution is 6.07. The van der Waals surface area contributed by atoms with Gasteiger partial charge in [-0.15, -0.1) is 0 Å². The molecule has 4 rings (SSSR count). The summed E-state index contributed by atoms with van der Waals surface area (Å²) in [4.78, 5) is 28.1. The first kappa shape index (κ1) is 19.9. The Bertz CT molecular complexity index is 1090. The highest BCUT2D eigenvalue weighted by Crippen LogP contribution is 2.25. The van der Waals surface area contributed by atoms with Gasteiger partial charge in [0.1, 0.15) is 0 Å². The number of carbonyl (C=O) groups excluding carboxylic acids is 2. The number of para-hydroxylation sites is 1. The van der Waals surface area contributed by atoms with Crippen LogP contribution in [0.5, 0.6) is 0 Å². The molecule has 0 bridgehead atoms. The van der Waals surface area contributed by atoms with Crippen LogP contribution in [0.1, 0.15) is 54.9 Å². The van der Waals surface area contributed by atoms with Crippen LogP contribution in [0.15, 0.2) is 59.8 Å². The number of hydrogen-bond donors (Lipinski definition) is 3. The lowest BCUT2D eigenvalue weighted by atomic mass is 9.88. The summed E-state index contributed by atoms with van der Waals surface area (Å²) < 4.78 is 0. The van der Waals surface area contributed by atoms with Crippen LogP contribution in [-0.4, -0.2) is 22.5 Å². The molecule has 3 N–H and O–H groups in total. The van der Waals surface area contributed by atoms with Gasteiger partial charge in [-0.25, -0.2) is 5.43 Å². The van der Waals surface area contributed by atoms with Crippen molar-refractivity contribution in [3.05, 3.63) is 65.9 Å². The van der Waals surface area contributed by atoms with E-state index in [1.54, 1.807) is 6.20 Å². The summed E-state index contributed by atoms with van der Waals surface area (Å²) in [5.41, 5.74) is 6.35. The summed E-state index contributed by atoms with van der Waals surface area (Å²) in [5.74, 6) is -0.0738. The molecule has 0 radical (unpaired) electrons. The third-order valence-electron chi connectivity index (χ3n) is 5.68. The molecule has 1 saturated carbocycles. The average molecular weight is 402 g/mol. The molecule has 154 valence electrons. The molecular formula is C24H26N4O2. The maximum Gasteiger partial charge on any atom is 0.273 e. The van der Waals surface area contributed by atoms with Crippen LogP contribution in [-0.2, 0) is 4.79 Å². The molecule has 0 aliphatic heterocycles. The second kappa shape index (κ2) is 8.95. The van der Waals surface area contributed by atoms with E-state index < -0.39 is 0 Å². The van der Waals surface area contributed by atoms with Gasteiger partial charge in [-0.2, -0.15) is 5.10 Å². The molecule has 6 heteroatoms. The van der Waals surface area contributed by atoms with Crippen molar-refractivity contribution in [3.8, 4) is 0 Å². The predicted octanol–water partition coefficient (Wildman–Crippen LogP) is 4.84. The number of H-pyrrole nitrogens is 1. The summed E-state index contributed by atoms with van der Waals surface area (Å²) in [7, 11) is 0. The third kappa shape index (κ3) is 4.43. The molecule has 3 aromatic rings. The van der Waals surface area contributed by atoms with E-state index in [0.29, 0.717) is 11.3 Å². The Balaban J connectivity index is 1.43. The van der Waals surface area contributed by atoms with E-state index in [2.05, 4.69) is 20.8 Å². The fraction of sp³-hybridized carbons (Fsp3) is 0.292. The van der Waals surface area contributed by atoms with Crippen molar-refractivity contribution >= 4 is 34.1 Å². The van der Waals surface area contributed by atoms with Gasteiger partial charge in [0.25, 0.3) is 5.91 Å².